The standard InChI is InChI=1S/C27H29BrN4O/c28-26-16-30-10-7-25-24(26)6-5-22(13-27(25)31-15-20-3-1-9-29-14-20)23-4-2-11-32(18-23)17-21-8-12-33-19-21/h1,3,6,8-9,12-14,16,19,23,25,31H,2,4,7,10-11,15,17-18H2. The fourth-order valence-corrected chi connectivity index (χ4v) is 5.45. The first-order valence-corrected chi connectivity index (χ1v) is 12.5. The highest BCUT2D eigenvalue weighted by Gasteiger charge is 2.27. The van der Waals surface area contributed by atoms with E-state index in [0.717, 1.165) is 43.6 Å². The first-order chi connectivity index (χ1) is 16.3. The lowest BCUT2D eigenvalue weighted by atomic mass is 9.88. The molecular weight excluding hydrogens is 476 g/mol. The molecule has 1 saturated heterocycles. The highest BCUT2D eigenvalue weighted by atomic mass is 79.9. The molecule has 2 aromatic rings. The minimum absolute atomic E-state index is 0.272. The van der Waals surface area contributed by atoms with Crippen LogP contribution in [0.1, 0.15) is 30.4 Å². The minimum Gasteiger partial charge on any atom is -0.472 e. The van der Waals surface area contributed by atoms with Gasteiger partial charge in [-0.2, -0.15) is 0 Å². The molecule has 1 fully saturated rings. The van der Waals surface area contributed by atoms with Crippen molar-refractivity contribution in [1.82, 2.24) is 15.2 Å². The highest BCUT2D eigenvalue weighted by Crippen LogP contribution is 2.35. The van der Waals surface area contributed by atoms with Gasteiger partial charge in [-0.05, 0) is 77.2 Å². The Morgan fingerprint density at radius 3 is 3.06 bits per heavy atom. The number of rotatable bonds is 6. The Morgan fingerprint density at radius 2 is 2.21 bits per heavy atom. The van der Waals surface area contributed by atoms with Crippen LogP contribution in [0.25, 0.3) is 0 Å². The van der Waals surface area contributed by atoms with E-state index in [9.17, 15) is 0 Å². The van der Waals surface area contributed by atoms with Crippen LogP contribution in [0.3, 0.4) is 0 Å². The van der Waals surface area contributed by atoms with Gasteiger partial charge in [-0.1, -0.05) is 6.07 Å². The molecule has 2 aromatic heterocycles. The van der Waals surface area contributed by atoms with E-state index in [1.165, 1.54) is 40.8 Å². The molecule has 1 N–H and O–H groups in total. The Morgan fingerprint density at radius 1 is 1.24 bits per heavy atom. The molecule has 0 radical (unpaired) electrons. The zero-order valence-electron chi connectivity index (χ0n) is 18.7. The van der Waals surface area contributed by atoms with Gasteiger partial charge in [0, 0.05) is 77.9 Å². The Bertz CT molecular complexity index is 1110. The van der Waals surface area contributed by atoms with Crippen molar-refractivity contribution in [2.24, 2.45) is 16.8 Å². The maximum Gasteiger partial charge on any atom is 0.0947 e. The van der Waals surface area contributed by atoms with Crippen LogP contribution < -0.4 is 5.32 Å². The van der Waals surface area contributed by atoms with Gasteiger partial charge in [0.15, 0.2) is 0 Å². The molecule has 1 aliphatic carbocycles. The second-order valence-electron chi connectivity index (χ2n) is 8.94. The summed E-state index contributed by atoms with van der Waals surface area (Å²) in [6.07, 6.45) is 17.2. The van der Waals surface area contributed by atoms with Gasteiger partial charge in [-0.25, -0.2) is 0 Å². The third kappa shape index (κ3) is 5.47. The van der Waals surface area contributed by atoms with Crippen LogP contribution in [0.2, 0.25) is 0 Å². The number of hydrogen-bond donors (Lipinski definition) is 1. The number of allylic oxidation sites excluding steroid dienone is 3. The van der Waals surface area contributed by atoms with Crippen LogP contribution in [0.5, 0.6) is 0 Å². The summed E-state index contributed by atoms with van der Waals surface area (Å²) in [6, 6.07) is 6.17. The lowest BCUT2D eigenvalue weighted by Crippen LogP contribution is -2.35. The van der Waals surface area contributed by atoms with E-state index in [1.807, 2.05) is 30.9 Å². The second-order valence-corrected chi connectivity index (χ2v) is 9.80. The molecule has 5 rings (SSSR count). The van der Waals surface area contributed by atoms with Crippen LogP contribution in [-0.4, -0.2) is 35.7 Å². The highest BCUT2D eigenvalue weighted by molar-refractivity contribution is 9.12. The number of nitrogens with one attached hydrogen (secondary N) is 1. The summed E-state index contributed by atoms with van der Waals surface area (Å²) in [5, 5.41) is 3.75. The number of pyridine rings is 1. The number of furan rings is 1. The van der Waals surface area contributed by atoms with Gasteiger partial charge >= 0.3 is 0 Å². The van der Waals surface area contributed by atoms with E-state index >= 15 is 0 Å². The molecule has 4 heterocycles. The van der Waals surface area contributed by atoms with Crippen LogP contribution in [0.15, 0.2) is 91.7 Å². The first kappa shape index (κ1) is 22.1. The molecule has 3 aliphatic rings. The van der Waals surface area contributed by atoms with Gasteiger partial charge < -0.3 is 9.73 Å². The molecule has 2 unspecified atom stereocenters. The topological polar surface area (TPSA) is 53.7 Å². The van der Waals surface area contributed by atoms with Gasteiger partial charge in [-0.15, -0.1) is 5.73 Å². The lowest BCUT2D eigenvalue weighted by Gasteiger charge is -2.33. The Balaban J connectivity index is 1.42. The summed E-state index contributed by atoms with van der Waals surface area (Å²) in [7, 11) is 0. The molecule has 5 nitrogen and oxygen atoms in total. The number of aliphatic imine (C=N–C) groups is 1. The lowest BCUT2D eigenvalue weighted by molar-refractivity contribution is 0.185. The number of halogens is 1. The van der Waals surface area contributed by atoms with Crippen molar-refractivity contribution in [2.45, 2.75) is 32.4 Å². The molecule has 0 spiro atoms. The maximum absolute atomic E-state index is 5.28. The van der Waals surface area contributed by atoms with Crippen LogP contribution in [-0.2, 0) is 13.1 Å². The fraction of sp³-hybridized carbons (Fsp3) is 0.370. The number of nitrogens with zero attached hydrogens (tertiary/aromatic N) is 3. The molecule has 6 heteroatoms. The second kappa shape index (κ2) is 10.5. The zero-order chi connectivity index (χ0) is 22.5. The molecular formula is C27H29BrN4O. The molecule has 2 atom stereocenters. The largest absolute Gasteiger partial charge is 0.472 e. The van der Waals surface area contributed by atoms with Crippen LogP contribution in [0.4, 0.5) is 0 Å². The van der Waals surface area contributed by atoms with Crippen molar-refractivity contribution in [2.75, 3.05) is 19.6 Å². The van der Waals surface area contributed by atoms with E-state index in [-0.39, 0.29) is 5.92 Å². The third-order valence-corrected chi connectivity index (χ3v) is 7.30. The van der Waals surface area contributed by atoms with Crippen molar-refractivity contribution in [3.8, 4) is 0 Å². The van der Waals surface area contributed by atoms with E-state index in [4.69, 9.17) is 4.42 Å². The van der Waals surface area contributed by atoms with Gasteiger partial charge in [0.05, 0.1) is 12.5 Å². The number of piperidine rings is 1. The summed E-state index contributed by atoms with van der Waals surface area (Å²) in [5.41, 5.74) is 9.90. The number of hydrogen-bond acceptors (Lipinski definition) is 5. The first-order valence-electron chi connectivity index (χ1n) is 11.7. The van der Waals surface area contributed by atoms with Crippen molar-refractivity contribution in [3.63, 3.8) is 0 Å². The normalized spacial score (nSPS) is 23.4. The Labute approximate surface area is 203 Å². The van der Waals surface area contributed by atoms with E-state index in [0.29, 0.717) is 5.92 Å². The smallest absolute Gasteiger partial charge is 0.0947 e. The Kier molecular flexibility index (Phi) is 7.06. The summed E-state index contributed by atoms with van der Waals surface area (Å²) in [4.78, 5) is 11.4. The molecule has 33 heavy (non-hydrogen) atoms. The van der Waals surface area contributed by atoms with Crippen molar-refractivity contribution in [3.05, 3.63) is 93.5 Å². The van der Waals surface area contributed by atoms with E-state index in [2.05, 4.69) is 66.1 Å². The van der Waals surface area contributed by atoms with Crippen LogP contribution in [0, 0.1) is 11.8 Å². The van der Waals surface area contributed by atoms with Gasteiger partial charge in [-0.3, -0.25) is 14.9 Å². The molecule has 2 aliphatic heterocycles. The number of aromatic nitrogens is 1. The van der Waals surface area contributed by atoms with Gasteiger partial charge in [0.1, 0.15) is 0 Å². The van der Waals surface area contributed by atoms with Crippen LogP contribution >= 0.6 is 15.9 Å². The van der Waals surface area contributed by atoms with E-state index < -0.39 is 0 Å². The average Bonchev–Trinajstić information content (AvgIpc) is 3.19. The Hall–Kier alpha value is -2.66. The molecule has 0 aromatic carbocycles. The number of likely N-dealkylation sites (tertiary alicyclic amines) is 1. The summed E-state index contributed by atoms with van der Waals surface area (Å²) < 4.78 is 6.33. The number of fused-ring (bicyclic) bond motifs is 1. The molecule has 0 bridgehead atoms. The summed E-state index contributed by atoms with van der Waals surface area (Å²) in [5.74, 6) is 0.738. The minimum atomic E-state index is 0.272. The van der Waals surface area contributed by atoms with Gasteiger partial charge in [0.2, 0.25) is 0 Å². The fourth-order valence-electron chi connectivity index (χ4n) is 4.92. The molecule has 0 amide bonds. The zero-order valence-corrected chi connectivity index (χ0v) is 20.3. The predicted octanol–water partition coefficient (Wildman–Crippen LogP) is 5.40. The maximum atomic E-state index is 5.28. The summed E-state index contributed by atoms with van der Waals surface area (Å²) >= 11 is 3.76. The predicted molar refractivity (Wildman–Crippen MR) is 135 cm³/mol. The molecule has 0 saturated carbocycles. The monoisotopic (exact) mass is 504 g/mol. The SMILES string of the molecule is BrC1=C2C=C=C(C3CCCN(Cc4ccoc4)C3)C=C(NCc3cccnc3)C2CCN=C1. The quantitative estimate of drug-likeness (QED) is 0.535. The summed E-state index contributed by atoms with van der Waals surface area (Å²) in [6.45, 7) is 4.69. The average molecular weight is 505 g/mol. The van der Waals surface area contributed by atoms with Crippen molar-refractivity contribution in [1.29, 1.82) is 0 Å². The van der Waals surface area contributed by atoms with Crippen molar-refractivity contribution >= 4 is 22.1 Å². The van der Waals surface area contributed by atoms with E-state index in [1.54, 1.807) is 6.26 Å². The molecule has 170 valence electrons. The van der Waals surface area contributed by atoms with Crippen molar-refractivity contribution < 1.29 is 4.42 Å². The van der Waals surface area contributed by atoms with Gasteiger partial charge in [0.25, 0.3) is 0 Å². The third-order valence-electron chi connectivity index (χ3n) is 6.63.